The first kappa shape index (κ1) is 9.88. The first-order valence-corrected chi connectivity index (χ1v) is 3.67. The van der Waals surface area contributed by atoms with Crippen LogP contribution < -0.4 is 11.5 Å². The molecular formula is C8H10F2N2O. The Morgan fingerprint density at radius 2 is 1.77 bits per heavy atom. The third kappa shape index (κ3) is 1.93. The summed E-state index contributed by atoms with van der Waals surface area (Å²) in [7, 11) is 0. The topological polar surface area (TPSA) is 72.3 Å². The molecule has 0 fully saturated rings. The lowest BCUT2D eigenvalue weighted by Crippen LogP contribution is -2.15. The van der Waals surface area contributed by atoms with E-state index in [4.69, 9.17) is 16.6 Å². The Bertz CT molecular complexity index is 294. The molecule has 0 aliphatic rings. The molecule has 0 spiro atoms. The van der Waals surface area contributed by atoms with Crippen LogP contribution in [-0.2, 0) is 0 Å². The molecule has 0 saturated carbocycles. The Balaban J connectivity index is 3.13. The third-order valence-corrected chi connectivity index (χ3v) is 1.73. The summed E-state index contributed by atoms with van der Waals surface area (Å²) < 4.78 is 25.7. The highest BCUT2D eigenvalue weighted by molar-refractivity contribution is 5.43. The molecule has 5 N–H and O–H groups in total. The van der Waals surface area contributed by atoms with Crippen LogP contribution in [0.5, 0.6) is 0 Å². The van der Waals surface area contributed by atoms with Crippen LogP contribution in [0.4, 0.5) is 14.5 Å². The van der Waals surface area contributed by atoms with E-state index < -0.39 is 23.4 Å². The Kier molecular flexibility index (Phi) is 2.79. The van der Waals surface area contributed by atoms with Crippen LogP contribution in [0.1, 0.15) is 11.6 Å². The molecule has 1 rings (SSSR count). The largest absolute Gasteiger partial charge is 0.394 e. The average molecular weight is 188 g/mol. The second-order valence-corrected chi connectivity index (χ2v) is 2.69. The fourth-order valence-electron chi connectivity index (χ4n) is 0.923. The van der Waals surface area contributed by atoms with E-state index in [1.807, 2.05) is 0 Å². The van der Waals surface area contributed by atoms with Crippen molar-refractivity contribution >= 4 is 5.69 Å². The maximum atomic E-state index is 12.8. The predicted molar refractivity (Wildman–Crippen MR) is 44.8 cm³/mol. The molecule has 0 saturated heterocycles. The van der Waals surface area contributed by atoms with Gasteiger partial charge in [0.25, 0.3) is 0 Å². The SMILES string of the molecule is Nc1c(F)cc([C@@H](N)CO)cc1F. The van der Waals surface area contributed by atoms with E-state index in [0.29, 0.717) is 0 Å². The molecule has 5 heteroatoms. The minimum absolute atomic E-state index is 0.187. The summed E-state index contributed by atoms with van der Waals surface area (Å²) in [5.41, 5.74) is 10.1. The second kappa shape index (κ2) is 3.68. The molecule has 3 nitrogen and oxygen atoms in total. The van der Waals surface area contributed by atoms with E-state index >= 15 is 0 Å². The average Bonchev–Trinajstić information content (AvgIpc) is 2.12. The highest BCUT2D eigenvalue weighted by Gasteiger charge is 2.11. The quantitative estimate of drug-likeness (QED) is 0.593. The molecule has 72 valence electrons. The van der Waals surface area contributed by atoms with Crippen molar-refractivity contribution in [1.29, 1.82) is 0 Å². The molecule has 0 bridgehead atoms. The van der Waals surface area contributed by atoms with Crippen molar-refractivity contribution in [2.24, 2.45) is 5.73 Å². The zero-order chi connectivity index (χ0) is 10.0. The third-order valence-electron chi connectivity index (χ3n) is 1.73. The molecule has 1 atom stereocenters. The Hall–Kier alpha value is -1.20. The number of halogens is 2. The van der Waals surface area contributed by atoms with Gasteiger partial charge in [-0.3, -0.25) is 0 Å². The first-order chi connectivity index (χ1) is 6.06. The van der Waals surface area contributed by atoms with Crippen LogP contribution in [0.25, 0.3) is 0 Å². The van der Waals surface area contributed by atoms with Gasteiger partial charge in [-0.25, -0.2) is 8.78 Å². The van der Waals surface area contributed by atoms with Crippen molar-refractivity contribution in [3.63, 3.8) is 0 Å². The zero-order valence-corrected chi connectivity index (χ0v) is 6.80. The molecule has 0 unspecified atom stereocenters. The summed E-state index contributed by atoms with van der Waals surface area (Å²) in [6.07, 6.45) is 0. The van der Waals surface area contributed by atoms with Crippen LogP contribution in [0, 0.1) is 11.6 Å². The summed E-state index contributed by atoms with van der Waals surface area (Å²) >= 11 is 0. The van der Waals surface area contributed by atoms with Gasteiger partial charge in [-0.05, 0) is 17.7 Å². The van der Waals surface area contributed by atoms with Gasteiger partial charge in [0.15, 0.2) is 0 Å². The van der Waals surface area contributed by atoms with Crippen molar-refractivity contribution in [2.45, 2.75) is 6.04 Å². The van der Waals surface area contributed by atoms with Crippen LogP contribution in [-0.4, -0.2) is 11.7 Å². The highest BCUT2D eigenvalue weighted by atomic mass is 19.1. The Morgan fingerprint density at radius 3 is 2.15 bits per heavy atom. The maximum absolute atomic E-state index is 12.8. The number of benzene rings is 1. The van der Waals surface area contributed by atoms with Gasteiger partial charge in [0.1, 0.15) is 17.3 Å². The second-order valence-electron chi connectivity index (χ2n) is 2.69. The van der Waals surface area contributed by atoms with Crippen LogP contribution in [0.3, 0.4) is 0 Å². The lowest BCUT2D eigenvalue weighted by molar-refractivity contribution is 0.267. The van der Waals surface area contributed by atoms with Crippen molar-refractivity contribution in [2.75, 3.05) is 12.3 Å². The number of anilines is 1. The normalized spacial score (nSPS) is 12.9. The van der Waals surface area contributed by atoms with Crippen LogP contribution in [0.15, 0.2) is 12.1 Å². The molecule has 0 amide bonds. The van der Waals surface area contributed by atoms with E-state index in [-0.39, 0.29) is 12.2 Å². The number of hydrogen-bond acceptors (Lipinski definition) is 3. The number of rotatable bonds is 2. The molecule has 1 aromatic carbocycles. The number of nitrogen functional groups attached to an aromatic ring is 1. The molecule has 0 aliphatic heterocycles. The van der Waals surface area contributed by atoms with Gasteiger partial charge < -0.3 is 16.6 Å². The number of aliphatic hydroxyl groups excluding tert-OH is 1. The first-order valence-electron chi connectivity index (χ1n) is 3.67. The van der Waals surface area contributed by atoms with Crippen molar-refractivity contribution in [3.8, 4) is 0 Å². The summed E-state index contributed by atoms with van der Waals surface area (Å²) in [6, 6.07) is 1.24. The van der Waals surface area contributed by atoms with E-state index in [0.717, 1.165) is 12.1 Å². The fraction of sp³-hybridized carbons (Fsp3) is 0.250. The van der Waals surface area contributed by atoms with Crippen molar-refractivity contribution in [1.82, 2.24) is 0 Å². The summed E-state index contributed by atoms with van der Waals surface area (Å²) in [5, 5.41) is 8.64. The summed E-state index contributed by atoms with van der Waals surface area (Å²) in [6.45, 7) is -0.372. The maximum Gasteiger partial charge on any atom is 0.149 e. The monoisotopic (exact) mass is 188 g/mol. The molecule has 0 aromatic heterocycles. The van der Waals surface area contributed by atoms with Gasteiger partial charge in [0.05, 0.1) is 12.6 Å². The number of hydrogen-bond donors (Lipinski definition) is 3. The number of nitrogens with two attached hydrogens (primary N) is 2. The molecule has 0 aliphatic carbocycles. The summed E-state index contributed by atoms with van der Waals surface area (Å²) in [4.78, 5) is 0. The minimum atomic E-state index is -0.862. The summed E-state index contributed by atoms with van der Waals surface area (Å²) in [5.74, 6) is -1.72. The fourth-order valence-corrected chi connectivity index (χ4v) is 0.923. The smallest absolute Gasteiger partial charge is 0.149 e. The van der Waals surface area contributed by atoms with E-state index in [2.05, 4.69) is 0 Å². The molecule has 0 heterocycles. The predicted octanol–water partition coefficient (Wildman–Crippen LogP) is 0.539. The van der Waals surface area contributed by atoms with Gasteiger partial charge in [-0.1, -0.05) is 0 Å². The standard InChI is InChI=1S/C8H10F2N2O/c9-5-1-4(7(11)3-13)2-6(10)8(5)12/h1-2,7,13H,3,11-12H2/t7-/m0/s1. The van der Waals surface area contributed by atoms with Gasteiger partial charge in [0.2, 0.25) is 0 Å². The van der Waals surface area contributed by atoms with Crippen molar-refractivity contribution in [3.05, 3.63) is 29.3 Å². The molecular weight excluding hydrogens is 178 g/mol. The lowest BCUT2D eigenvalue weighted by atomic mass is 10.1. The molecule has 13 heavy (non-hydrogen) atoms. The van der Waals surface area contributed by atoms with Crippen LogP contribution in [0.2, 0.25) is 0 Å². The zero-order valence-electron chi connectivity index (χ0n) is 6.80. The Labute approximate surface area is 74.0 Å². The minimum Gasteiger partial charge on any atom is -0.394 e. The van der Waals surface area contributed by atoms with E-state index in [1.54, 1.807) is 0 Å². The van der Waals surface area contributed by atoms with Gasteiger partial charge in [0, 0.05) is 0 Å². The molecule has 1 aromatic rings. The van der Waals surface area contributed by atoms with E-state index in [9.17, 15) is 8.78 Å². The molecule has 0 radical (unpaired) electrons. The lowest BCUT2D eigenvalue weighted by Gasteiger charge is -2.09. The Morgan fingerprint density at radius 1 is 1.31 bits per heavy atom. The van der Waals surface area contributed by atoms with Crippen LogP contribution >= 0.6 is 0 Å². The van der Waals surface area contributed by atoms with Gasteiger partial charge in [-0.15, -0.1) is 0 Å². The van der Waals surface area contributed by atoms with Crippen molar-refractivity contribution < 1.29 is 13.9 Å². The van der Waals surface area contributed by atoms with Gasteiger partial charge >= 0.3 is 0 Å². The van der Waals surface area contributed by atoms with Gasteiger partial charge in [-0.2, -0.15) is 0 Å². The van der Waals surface area contributed by atoms with E-state index in [1.165, 1.54) is 0 Å². The highest BCUT2D eigenvalue weighted by Crippen LogP contribution is 2.20. The number of aliphatic hydroxyl groups is 1.